The van der Waals surface area contributed by atoms with Gasteiger partial charge in [-0.2, -0.15) is 13.2 Å². The standard InChI is InChI=1S/C14H10F3NO2/c15-14(16,17)10-6-2-4-8-12(10)20-13(19)9-5-1-3-7-11(9)18/h1-8H,18H2. The van der Waals surface area contributed by atoms with E-state index in [1.165, 1.54) is 24.3 Å². The van der Waals surface area contributed by atoms with Gasteiger partial charge in [0.15, 0.2) is 0 Å². The summed E-state index contributed by atoms with van der Waals surface area (Å²) in [7, 11) is 0. The minimum Gasteiger partial charge on any atom is -0.422 e. The summed E-state index contributed by atoms with van der Waals surface area (Å²) >= 11 is 0. The van der Waals surface area contributed by atoms with Crippen molar-refractivity contribution in [3.05, 3.63) is 59.7 Å². The number of benzene rings is 2. The van der Waals surface area contributed by atoms with E-state index in [-0.39, 0.29) is 11.3 Å². The Hall–Kier alpha value is -2.50. The van der Waals surface area contributed by atoms with Gasteiger partial charge in [0.2, 0.25) is 0 Å². The van der Waals surface area contributed by atoms with Crippen LogP contribution in [0.5, 0.6) is 5.75 Å². The van der Waals surface area contributed by atoms with Crippen LogP contribution in [-0.4, -0.2) is 5.97 Å². The third-order valence-electron chi connectivity index (χ3n) is 2.58. The summed E-state index contributed by atoms with van der Waals surface area (Å²) in [5.41, 5.74) is 4.72. The van der Waals surface area contributed by atoms with Crippen molar-refractivity contribution < 1.29 is 22.7 Å². The van der Waals surface area contributed by atoms with Crippen LogP contribution < -0.4 is 10.5 Å². The van der Waals surface area contributed by atoms with Crippen molar-refractivity contribution in [2.24, 2.45) is 0 Å². The molecule has 0 saturated heterocycles. The third-order valence-corrected chi connectivity index (χ3v) is 2.58. The molecule has 2 aromatic carbocycles. The Morgan fingerprint density at radius 1 is 1.00 bits per heavy atom. The Morgan fingerprint density at radius 3 is 2.25 bits per heavy atom. The van der Waals surface area contributed by atoms with Gasteiger partial charge in [-0.25, -0.2) is 4.79 Å². The fourth-order valence-corrected chi connectivity index (χ4v) is 1.63. The lowest BCUT2D eigenvalue weighted by atomic mass is 10.1. The highest BCUT2D eigenvalue weighted by Gasteiger charge is 2.34. The highest BCUT2D eigenvalue weighted by molar-refractivity contribution is 5.96. The predicted molar refractivity (Wildman–Crippen MR) is 67.3 cm³/mol. The van der Waals surface area contributed by atoms with Gasteiger partial charge in [0, 0.05) is 5.69 Å². The zero-order valence-electron chi connectivity index (χ0n) is 10.1. The number of esters is 1. The molecule has 3 nitrogen and oxygen atoms in total. The molecule has 0 aliphatic heterocycles. The van der Waals surface area contributed by atoms with Gasteiger partial charge in [-0.15, -0.1) is 0 Å². The predicted octanol–water partition coefficient (Wildman–Crippen LogP) is 3.51. The first-order valence-electron chi connectivity index (χ1n) is 5.62. The molecule has 0 amide bonds. The molecule has 0 aliphatic carbocycles. The Kier molecular flexibility index (Phi) is 3.65. The number of anilines is 1. The molecular formula is C14H10F3NO2. The monoisotopic (exact) mass is 281 g/mol. The van der Waals surface area contributed by atoms with Crippen LogP contribution >= 0.6 is 0 Å². The van der Waals surface area contributed by atoms with Crippen molar-refractivity contribution in [3.63, 3.8) is 0 Å². The van der Waals surface area contributed by atoms with Crippen LogP contribution in [0.2, 0.25) is 0 Å². The topological polar surface area (TPSA) is 52.3 Å². The maximum absolute atomic E-state index is 12.8. The minimum atomic E-state index is -4.60. The SMILES string of the molecule is Nc1ccccc1C(=O)Oc1ccccc1C(F)(F)F. The van der Waals surface area contributed by atoms with Crippen LogP contribution in [0, 0.1) is 0 Å². The van der Waals surface area contributed by atoms with Gasteiger partial charge in [0.1, 0.15) is 5.75 Å². The van der Waals surface area contributed by atoms with Crippen molar-refractivity contribution in [3.8, 4) is 5.75 Å². The smallest absolute Gasteiger partial charge is 0.419 e. The van der Waals surface area contributed by atoms with Crippen LogP contribution in [0.1, 0.15) is 15.9 Å². The fourth-order valence-electron chi connectivity index (χ4n) is 1.63. The van der Waals surface area contributed by atoms with Crippen LogP contribution in [-0.2, 0) is 6.18 Å². The number of carbonyl (C=O) groups is 1. The summed E-state index contributed by atoms with van der Waals surface area (Å²) in [5, 5.41) is 0. The molecule has 2 N–H and O–H groups in total. The molecule has 0 bridgehead atoms. The zero-order valence-corrected chi connectivity index (χ0v) is 10.1. The Labute approximate surface area is 112 Å². The minimum absolute atomic E-state index is 0.0180. The van der Waals surface area contributed by atoms with Crippen molar-refractivity contribution in [2.75, 3.05) is 5.73 Å². The van der Waals surface area contributed by atoms with Gasteiger partial charge in [-0.3, -0.25) is 0 Å². The van der Waals surface area contributed by atoms with Gasteiger partial charge in [0.05, 0.1) is 11.1 Å². The molecule has 104 valence electrons. The first kappa shape index (κ1) is 13.9. The lowest BCUT2D eigenvalue weighted by molar-refractivity contribution is -0.138. The first-order valence-corrected chi connectivity index (χ1v) is 5.62. The average Bonchev–Trinajstić information content (AvgIpc) is 2.38. The molecular weight excluding hydrogens is 271 g/mol. The number of carbonyl (C=O) groups excluding carboxylic acids is 1. The van der Waals surface area contributed by atoms with Gasteiger partial charge in [0.25, 0.3) is 0 Å². The normalized spacial score (nSPS) is 11.2. The Bertz CT molecular complexity index is 638. The number of alkyl halides is 3. The van der Waals surface area contributed by atoms with E-state index in [4.69, 9.17) is 10.5 Å². The van der Waals surface area contributed by atoms with E-state index in [0.717, 1.165) is 12.1 Å². The van der Waals surface area contributed by atoms with Gasteiger partial charge < -0.3 is 10.5 Å². The second kappa shape index (κ2) is 5.24. The van der Waals surface area contributed by atoms with E-state index >= 15 is 0 Å². The molecule has 2 rings (SSSR count). The lowest BCUT2D eigenvalue weighted by Gasteiger charge is -2.12. The van der Waals surface area contributed by atoms with Crippen LogP contribution in [0.4, 0.5) is 18.9 Å². The second-order valence-corrected chi connectivity index (χ2v) is 3.97. The molecule has 0 radical (unpaired) electrons. The molecule has 0 aliphatic rings. The molecule has 20 heavy (non-hydrogen) atoms. The van der Waals surface area contributed by atoms with Crippen LogP contribution in [0.15, 0.2) is 48.5 Å². The summed E-state index contributed by atoms with van der Waals surface area (Å²) in [4.78, 5) is 11.8. The fraction of sp³-hybridized carbons (Fsp3) is 0.0714. The largest absolute Gasteiger partial charge is 0.422 e. The maximum Gasteiger partial charge on any atom is 0.419 e. The molecule has 6 heteroatoms. The molecule has 0 heterocycles. The molecule has 0 saturated carbocycles. The van der Waals surface area contributed by atoms with Gasteiger partial charge in [-0.1, -0.05) is 24.3 Å². The van der Waals surface area contributed by atoms with Crippen molar-refractivity contribution in [2.45, 2.75) is 6.18 Å². The number of ether oxygens (including phenoxy) is 1. The van der Waals surface area contributed by atoms with Crippen molar-refractivity contribution in [1.82, 2.24) is 0 Å². The van der Waals surface area contributed by atoms with E-state index in [0.29, 0.717) is 0 Å². The quantitative estimate of drug-likeness (QED) is 0.520. The molecule has 0 atom stereocenters. The summed E-state index contributed by atoms with van der Waals surface area (Å²) in [6.45, 7) is 0. The number of hydrogen-bond acceptors (Lipinski definition) is 3. The highest BCUT2D eigenvalue weighted by Crippen LogP contribution is 2.36. The number of para-hydroxylation sites is 2. The van der Waals surface area contributed by atoms with E-state index in [1.54, 1.807) is 12.1 Å². The van der Waals surface area contributed by atoms with E-state index in [2.05, 4.69) is 0 Å². The molecule has 0 aromatic heterocycles. The molecule has 0 unspecified atom stereocenters. The van der Waals surface area contributed by atoms with E-state index < -0.39 is 23.5 Å². The zero-order chi connectivity index (χ0) is 14.8. The Morgan fingerprint density at radius 2 is 1.60 bits per heavy atom. The summed E-state index contributed by atoms with van der Waals surface area (Å²) in [6.07, 6.45) is -4.60. The molecule has 0 spiro atoms. The third kappa shape index (κ3) is 2.90. The van der Waals surface area contributed by atoms with Crippen molar-refractivity contribution in [1.29, 1.82) is 0 Å². The lowest BCUT2D eigenvalue weighted by Crippen LogP contribution is -2.14. The number of hydrogen-bond donors (Lipinski definition) is 1. The highest BCUT2D eigenvalue weighted by atomic mass is 19.4. The first-order chi connectivity index (χ1) is 9.39. The van der Waals surface area contributed by atoms with Crippen molar-refractivity contribution >= 4 is 11.7 Å². The maximum atomic E-state index is 12.8. The number of halogens is 3. The number of rotatable bonds is 2. The summed E-state index contributed by atoms with van der Waals surface area (Å²) < 4.78 is 43.1. The number of nitrogens with two attached hydrogens (primary N) is 1. The van der Waals surface area contributed by atoms with E-state index in [9.17, 15) is 18.0 Å². The summed E-state index contributed by atoms with van der Waals surface area (Å²) in [6, 6.07) is 10.5. The van der Waals surface area contributed by atoms with Gasteiger partial charge in [-0.05, 0) is 24.3 Å². The summed E-state index contributed by atoms with van der Waals surface area (Å²) in [5.74, 6) is -1.48. The van der Waals surface area contributed by atoms with E-state index in [1.807, 2.05) is 0 Å². The molecule has 0 fully saturated rings. The van der Waals surface area contributed by atoms with Crippen LogP contribution in [0.3, 0.4) is 0 Å². The Balaban J connectivity index is 2.32. The average molecular weight is 281 g/mol. The molecule has 2 aromatic rings. The van der Waals surface area contributed by atoms with Gasteiger partial charge >= 0.3 is 12.1 Å². The number of nitrogen functional groups attached to an aromatic ring is 1. The second-order valence-electron chi connectivity index (χ2n) is 3.97. The van der Waals surface area contributed by atoms with Crippen LogP contribution in [0.25, 0.3) is 0 Å².